The predicted molar refractivity (Wildman–Crippen MR) is 84.9 cm³/mol. The zero-order valence-corrected chi connectivity index (χ0v) is 12.8. The Morgan fingerprint density at radius 1 is 1.24 bits per heavy atom. The van der Waals surface area contributed by atoms with Gasteiger partial charge >= 0.3 is 0 Å². The molecule has 1 aliphatic carbocycles. The summed E-state index contributed by atoms with van der Waals surface area (Å²) in [5, 5.41) is 7.34. The molecule has 116 valence electrons. The van der Waals surface area contributed by atoms with Crippen LogP contribution in [-0.2, 0) is 4.74 Å². The highest BCUT2D eigenvalue weighted by atomic mass is 16.5. The Hall–Kier alpha value is -1.55. The Morgan fingerprint density at radius 2 is 2.00 bits per heavy atom. The first kappa shape index (κ1) is 15.8. The summed E-state index contributed by atoms with van der Waals surface area (Å²) in [7, 11) is 0. The molecular weight excluding hydrogens is 264 g/mol. The molecule has 1 saturated carbocycles. The van der Waals surface area contributed by atoms with Gasteiger partial charge in [-0.2, -0.15) is 0 Å². The Kier molecular flexibility index (Phi) is 6.05. The Balaban J connectivity index is 1.66. The molecule has 1 fully saturated rings. The second-order valence-electron chi connectivity index (χ2n) is 5.72. The standard InChI is InChI=1S/C17H26N2O2/c1-2-13-4-3-5-16(12-13)21-11-10-20-15-8-6-14(7-9-15)17(18)19/h6-9,13,16H,2-5,10-12H2,1H3,(H3,18,19). The zero-order valence-electron chi connectivity index (χ0n) is 12.8. The van der Waals surface area contributed by atoms with E-state index in [1.807, 2.05) is 12.1 Å². The van der Waals surface area contributed by atoms with Crippen molar-refractivity contribution in [2.75, 3.05) is 13.2 Å². The monoisotopic (exact) mass is 290 g/mol. The fourth-order valence-electron chi connectivity index (χ4n) is 2.87. The molecule has 4 nitrogen and oxygen atoms in total. The first-order valence-electron chi connectivity index (χ1n) is 7.88. The van der Waals surface area contributed by atoms with Gasteiger partial charge in [-0.1, -0.05) is 26.2 Å². The van der Waals surface area contributed by atoms with E-state index in [4.69, 9.17) is 20.6 Å². The molecule has 4 heteroatoms. The average molecular weight is 290 g/mol. The number of hydrogen-bond donors (Lipinski definition) is 2. The molecule has 3 N–H and O–H groups in total. The van der Waals surface area contributed by atoms with E-state index >= 15 is 0 Å². The maximum atomic E-state index is 7.34. The average Bonchev–Trinajstić information content (AvgIpc) is 2.52. The van der Waals surface area contributed by atoms with Gasteiger partial charge in [-0.15, -0.1) is 0 Å². The van der Waals surface area contributed by atoms with E-state index in [-0.39, 0.29) is 5.84 Å². The fraction of sp³-hybridized carbons (Fsp3) is 0.588. The number of ether oxygens (including phenoxy) is 2. The van der Waals surface area contributed by atoms with Gasteiger partial charge in [0.2, 0.25) is 0 Å². The van der Waals surface area contributed by atoms with Gasteiger partial charge in [-0.25, -0.2) is 0 Å². The number of hydrogen-bond acceptors (Lipinski definition) is 3. The molecule has 0 saturated heterocycles. The highest BCUT2D eigenvalue weighted by Gasteiger charge is 2.20. The molecular formula is C17H26N2O2. The van der Waals surface area contributed by atoms with Crippen molar-refractivity contribution in [2.24, 2.45) is 11.7 Å². The first-order valence-corrected chi connectivity index (χ1v) is 7.88. The summed E-state index contributed by atoms with van der Waals surface area (Å²) in [5.41, 5.74) is 6.13. The van der Waals surface area contributed by atoms with Crippen LogP contribution in [0.1, 0.15) is 44.6 Å². The maximum Gasteiger partial charge on any atom is 0.122 e. The van der Waals surface area contributed by atoms with Crippen molar-refractivity contribution >= 4 is 5.84 Å². The highest BCUT2D eigenvalue weighted by molar-refractivity contribution is 5.94. The quantitative estimate of drug-likeness (QED) is 0.460. The van der Waals surface area contributed by atoms with Crippen molar-refractivity contribution in [2.45, 2.75) is 45.1 Å². The molecule has 2 rings (SSSR count). The topological polar surface area (TPSA) is 68.3 Å². The van der Waals surface area contributed by atoms with Gasteiger partial charge in [-0.05, 0) is 43.0 Å². The summed E-state index contributed by atoms with van der Waals surface area (Å²) in [6, 6.07) is 7.27. The van der Waals surface area contributed by atoms with E-state index in [1.54, 1.807) is 12.1 Å². The van der Waals surface area contributed by atoms with Crippen LogP contribution in [0, 0.1) is 11.3 Å². The van der Waals surface area contributed by atoms with Crippen LogP contribution < -0.4 is 10.5 Å². The minimum Gasteiger partial charge on any atom is -0.491 e. The molecule has 1 aromatic rings. The van der Waals surface area contributed by atoms with E-state index in [9.17, 15) is 0 Å². The van der Waals surface area contributed by atoms with E-state index in [2.05, 4.69) is 6.92 Å². The Bertz CT molecular complexity index is 445. The van der Waals surface area contributed by atoms with E-state index in [0.29, 0.717) is 24.9 Å². The number of amidine groups is 1. The van der Waals surface area contributed by atoms with Gasteiger partial charge in [0.1, 0.15) is 18.2 Å². The summed E-state index contributed by atoms with van der Waals surface area (Å²) in [6.07, 6.45) is 6.70. The van der Waals surface area contributed by atoms with Gasteiger partial charge in [0.25, 0.3) is 0 Å². The van der Waals surface area contributed by atoms with Crippen molar-refractivity contribution in [1.29, 1.82) is 5.41 Å². The minimum atomic E-state index is 0.0765. The summed E-state index contributed by atoms with van der Waals surface area (Å²) in [4.78, 5) is 0. The molecule has 0 amide bonds. The molecule has 21 heavy (non-hydrogen) atoms. The van der Waals surface area contributed by atoms with Crippen molar-refractivity contribution in [3.63, 3.8) is 0 Å². The normalized spacial score (nSPS) is 22.0. The molecule has 0 aliphatic heterocycles. The van der Waals surface area contributed by atoms with E-state index < -0.39 is 0 Å². The molecule has 0 spiro atoms. The number of nitrogens with two attached hydrogens (primary N) is 1. The van der Waals surface area contributed by atoms with Gasteiger partial charge in [0.05, 0.1) is 12.7 Å². The van der Waals surface area contributed by atoms with Gasteiger partial charge < -0.3 is 15.2 Å². The number of rotatable bonds is 7. The van der Waals surface area contributed by atoms with Crippen LogP contribution in [0.25, 0.3) is 0 Å². The number of nitrogens with one attached hydrogen (secondary N) is 1. The predicted octanol–water partition coefficient (Wildman–Crippen LogP) is 3.33. The summed E-state index contributed by atoms with van der Waals surface area (Å²) < 4.78 is 11.6. The van der Waals surface area contributed by atoms with Gasteiger partial charge in [0.15, 0.2) is 0 Å². The lowest BCUT2D eigenvalue weighted by molar-refractivity contribution is -0.000659. The van der Waals surface area contributed by atoms with Crippen molar-refractivity contribution < 1.29 is 9.47 Å². The molecule has 0 aromatic heterocycles. The first-order chi connectivity index (χ1) is 10.2. The van der Waals surface area contributed by atoms with Gasteiger partial charge in [-0.3, -0.25) is 5.41 Å². The highest BCUT2D eigenvalue weighted by Crippen LogP contribution is 2.28. The molecule has 2 unspecified atom stereocenters. The fourth-order valence-corrected chi connectivity index (χ4v) is 2.87. The third-order valence-corrected chi connectivity index (χ3v) is 4.18. The SMILES string of the molecule is CCC1CCCC(OCCOc2ccc(C(=N)N)cc2)C1. The molecule has 2 atom stereocenters. The van der Waals surface area contributed by atoms with Crippen LogP contribution in [0.4, 0.5) is 0 Å². The summed E-state index contributed by atoms with van der Waals surface area (Å²) >= 11 is 0. The molecule has 1 aliphatic rings. The minimum absolute atomic E-state index is 0.0765. The van der Waals surface area contributed by atoms with E-state index in [1.165, 1.54) is 32.1 Å². The summed E-state index contributed by atoms with van der Waals surface area (Å²) in [5.74, 6) is 1.70. The van der Waals surface area contributed by atoms with Gasteiger partial charge in [0, 0.05) is 5.56 Å². The number of benzene rings is 1. The zero-order chi connectivity index (χ0) is 15.1. The third-order valence-electron chi connectivity index (χ3n) is 4.18. The van der Waals surface area contributed by atoms with Crippen LogP contribution in [-0.4, -0.2) is 25.2 Å². The molecule has 1 aromatic carbocycles. The van der Waals surface area contributed by atoms with Crippen LogP contribution in [0.3, 0.4) is 0 Å². The lowest BCUT2D eigenvalue weighted by Crippen LogP contribution is -2.24. The smallest absolute Gasteiger partial charge is 0.122 e. The summed E-state index contributed by atoms with van der Waals surface area (Å²) in [6.45, 7) is 3.46. The van der Waals surface area contributed by atoms with E-state index in [0.717, 1.165) is 11.7 Å². The van der Waals surface area contributed by atoms with Crippen LogP contribution in [0.15, 0.2) is 24.3 Å². The third kappa shape index (κ3) is 5.05. The molecule has 0 bridgehead atoms. The van der Waals surface area contributed by atoms with Crippen LogP contribution >= 0.6 is 0 Å². The molecule has 0 radical (unpaired) electrons. The molecule has 0 heterocycles. The van der Waals surface area contributed by atoms with Crippen LogP contribution in [0.2, 0.25) is 0 Å². The Morgan fingerprint density at radius 3 is 2.67 bits per heavy atom. The largest absolute Gasteiger partial charge is 0.491 e. The maximum absolute atomic E-state index is 7.34. The van der Waals surface area contributed by atoms with Crippen molar-refractivity contribution in [3.05, 3.63) is 29.8 Å². The van der Waals surface area contributed by atoms with Crippen LogP contribution in [0.5, 0.6) is 5.75 Å². The lowest BCUT2D eigenvalue weighted by atomic mass is 9.85. The lowest BCUT2D eigenvalue weighted by Gasteiger charge is -2.28. The van der Waals surface area contributed by atoms with Crippen molar-refractivity contribution in [3.8, 4) is 5.75 Å². The van der Waals surface area contributed by atoms with Crippen molar-refractivity contribution in [1.82, 2.24) is 0 Å². The second-order valence-corrected chi connectivity index (χ2v) is 5.72. The second kappa shape index (κ2) is 8.03. The number of nitrogen functional groups attached to an aromatic ring is 1. The Labute approximate surface area is 127 Å².